The molecule has 2 N–H and O–H groups in total. The van der Waals surface area contributed by atoms with Gasteiger partial charge >= 0.3 is 6.03 Å². The molecule has 88 valence electrons. The van der Waals surface area contributed by atoms with E-state index in [1.807, 2.05) is 17.2 Å². The summed E-state index contributed by atoms with van der Waals surface area (Å²) in [7, 11) is 0. The van der Waals surface area contributed by atoms with Gasteiger partial charge in [-0.25, -0.2) is 4.79 Å². The Balaban J connectivity index is 2.01. The first kappa shape index (κ1) is 11.0. The van der Waals surface area contributed by atoms with Crippen molar-refractivity contribution in [3.63, 3.8) is 0 Å². The quantitative estimate of drug-likeness (QED) is 0.808. The predicted octanol–water partition coefficient (Wildman–Crippen LogP) is 2.27. The number of carbonyl (C=O) groups is 1. The topological polar surface area (TPSA) is 48.1 Å². The maximum atomic E-state index is 11.9. The molecule has 1 aliphatic rings. The van der Waals surface area contributed by atoms with Crippen LogP contribution in [0.1, 0.15) is 37.9 Å². The molecule has 4 heteroatoms. The van der Waals surface area contributed by atoms with Gasteiger partial charge in [0.15, 0.2) is 0 Å². The lowest BCUT2D eigenvalue weighted by Gasteiger charge is -2.24. The minimum Gasteiger partial charge on any atom is -0.363 e. The van der Waals surface area contributed by atoms with E-state index >= 15 is 0 Å². The first-order valence-corrected chi connectivity index (χ1v) is 6.00. The second-order valence-electron chi connectivity index (χ2n) is 4.21. The van der Waals surface area contributed by atoms with Crippen molar-refractivity contribution < 1.29 is 4.79 Å². The van der Waals surface area contributed by atoms with Gasteiger partial charge in [0.05, 0.1) is 6.04 Å². The number of rotatable bonds is 3. The molecule has 1 aromatic rings. The maximum Gasteiger partial charge on any atom is 0.317 e. The number of nitrogens with zero attached hydrogens (tertiary/aromatic N) is 1. The van der Waals surface area contributed by atoms with Crippen LogP contribution in [0.15, 0.2) is 18.3 Å². The molecule has 2 heterocycles. The number of hydrogen-bond donors (Lipinski definition) is 2. The molecule has 1 atom stereocenters. The fourth-order valence-corrected chi connectivity index (χ4v) is 2.22. The Kier molecular flexibility index (Phi) is 3.49. The molecule has 0 saturated carbocycles. The number of aromatic amines is 1. The van der Waals surface area contributed by atoms with Crippen molar-refractivity contribution in [2.75, 3.05) is 13.1 Å². The minimum atomic E-state index is 0.0685. The minimum absolute atomic E-state index is 0.0685. The Hall–Kier alpha value is -1.45. The molecular formula is C12H19N3O. The third kappa shape index (κ3) is 2.21. The van der Waals surface area contributed by atoms with Crippen molar-refractivity contribution in [1.29, 1.82) is 0 Å². The molecule has 2 amide bonds. The standard InChI is InChI=1S/C12H19N3O/c1-2-7-14-12(16)15-9-4-6-11(15)10-5-3-8-13-10/h3,5,8,11,13H,2,4,6-7,9H2,1H3,(H,14,16). The number of amides is 2. The fourth-order valence-electron chi connectivity index (χ4n) is 2.22. The second-order valence-corrected chi connectivity index (χ2v) is 4.21. The van der Waals surface area contributed by atoms with Gasteiger partial charge in [0.1, 0.15) is 0 Å². The molecular weight excluding hydrogens is 202 g/mol. The summed E-state index contributed by atoms with van der Waals surface area (Å²) in [6.45, 7) is 3.68. The zero-order chi connectivity index (χ0) is 11.4. The van der Waals surface area contributed by atoms with Gasteiger partial charge in [0.2, 0.25) is 0 Å². The molecule has 4 nitrogen and oxygen atoms in total. The highest BCUT2D eigenvalue weighted by Crippen LogP contribution is 2.30. The van der Waals surface area contributed by atoms with Crippen molar-refractivity contribution in [3.05, 3.63) is 24.0 Å². The Morgan fingerprint density at radius 2 is 2.56 bits per heavy atom. The van der Waals surface area contributed by atoms with Crippen LogP contribution in [0.3, 0.4) is 0 Å². The summed E-state index contributed by atoms with van der Waals surface area (Å²) < 4.78 is 0. The summed E-state index contributed by atoms with van der Waals surface area (Å²) in [4.78, 5) is 17.0. The van der Waals surface area contributed by atoms with E-state index in [2.05, 4.69) is 23.3 Å². The van der Waals surface area contributed by atoms with Crippen LogP contribution in [0.5, 0.6) is 0 Å². The van der Waals surface area contributed by atoms with E-state index in [0.717, 1.165) is 38.0 Å². The molecule has 1 aliphatic heterocycles. The van der Waals surface area contributed by atoms with Crippen LogP contribution >= 0.6 is 0 Å². The van der Waals surface area contributed by atoms with Gasteiger partial charge in [-0.2, -0.15) is 0 Å². The summed E-state index contributed by atoms with van der Waals surface area (Å²) >= 11 is 0. The number of hydrogen-bond acceptors (Lipinski definition) is 1. The Bertz CT molecular complexity index is 334. The van der Waals surface area contributed by atoms with E-state index in [1.54, 1.807) is 0 Å². The second kappa shape index (κ2) is 5.05. The van der Waals surface area contributed by atoms with Crippen LogP contribution in [0.2, 0.25) is 0 Å². The number of H-pyrrole nitrogens is 1. The fraction of sp³-hybridized carbons (Fsp3) is 0.583. The highest BCUT2D eigenvalue weighted by Gasteiger charge is 2.30. The average molecular weight is 221 g/mol. The van der Waals surface area contributed by atoms with Crippen LogP contribution in [0.25, 0.3) is 0 Å². The smallest absolute Gasteiger partial charge is 0.317 e. The van der Waals surface area contributed by atoms with Gasteiger partial charge in [-0.1, -0.05) is 6.92 Å². The number of urea groups is 1. The first-order valence-electron chi connectivity index (χ1n) is 6.00. The van der Waals surface area contributed by atoms with Crippen LogP contribution in [-0.4, -0.2) is 29.0 Å². The van der Waals surface area contributed by atoms with Gasteiger partial charge in [-0.05, 0) is 31.4 Å². The first-order chi connectivity index (χ1) is 7.83. The Labute approximate surface area is 96.0 Å². The number of carbonyl (C=O) groups excluding carboxylic acids is 1. The van der Waals surface area contributed by atoms with Gasteiger partial charge in [-0.15, -0.1) is 0 Å². The van der Waals surface area contributed by atoms with Gasteiger partial charge in [0.25, 0.3) is 0 Å². The molecule has 16 heavy (non-hydrogen) atoms. The summed E-state index contributed by atoms with van der Waals surface area (Å²) in [5.74, 6) is 0. The van der Waals surface area contributed by atoms with E-state index in [-0.39, 0.29) is 12.1 Å². The van der Waals surface area contributed by atoms with E-state index < -0.39 is 0 Å². The van der Waals surface area contributed by atoms with Crippen LogP contribution in [0, 0.1) is 0 Å². The molecule has 0 radical (unpaired) electrons. The lowest BCUT2D eigenvalue weighted by atomic mass is 10.1. The number of aromatic nitrogens is 1. The summed E-state index contributed by atoms with van der Waals surface area (Å²) in [6, 6.07) is 4.33. The lowest BCUT2D eigenvalue weighted by Crippen LogP contribution is -2.39. The normalized spacial score (nSPS) is 20.1. The van der Waals surface area contributed by atoms with Crippen LogP contribution in [0.4, 0.5) is 4.79 Å². The average Bonchev–Trinajstić information content (AvgIpc) is 2.94. The number of nitrogens with one attached hydrogen (secondary N) is 2. The monoisotopic (exact) mass is 221 g/mol. The summed E-state index contributed by atoms with van der Waals surface area (Å²) in [5.41, 5.74) is 1.14. The maximum absolute atomic E-state index is 11.9. The molecule has 0 aliphatic carbocycles. The van der Waals surface area contributed by atoms with E-state index in [1.165, 1.54) is 0 Å². The predicted molar refractivity (Wildman–Crippen MR) is 63.2 cm³/mol. The van der Waals surface area contributed by atoms with E-state index in [4.69, 9.17) is 0 Å². The molecule has 2 rings (SSSR count). The highest BCUT2D eigenvalue weighted by molar-refractivity contribution is 5.75. The van der Waals surface area contributed by atoms with Crippen LogP contribution < -0.4 is 5.32 Å². The molecule has 1 fully saturated rings. The SMILES string of the molecule is CCCNC(=O)N1CCCC1c1ccc[nH]1. The highest BCUT2D eigenvalue weighted by atomic mass is 16.2. The summed E-state index contributed by atoms with van der Waals surface area (Å²) in [6.07, 6.45) is 5.03. The van der Waals surface area contributed by atoms with Gasteiger partial charge in [-0.3, -0.25) is 0 Å². The van der Waals surface area contributed by atoms with Crippen molar-refractivity contribution in [2.45, 2.75) is 32.2 Å². The van der Waals surface area contributed by atoms with Crippen molar-refractivity contribution >= 4 is 6.03 Å². The molecule has 0 aromatic carbocycles. The zero-order valence-corrected chi connectivity index (χ0v) is 9.70. The molecule has 1 unspecified atom stereocenters. The third-order valence-corrected chi connectivity index (χ3v) is 3.02. The molecule has 1 aromatic heterocycles. The van der Waals surface area contributed by atoms with Crippen LogP contribution in [-0.2, 0) is 0 Å². The van der Waals surface area contributed by atoms with E-state index in [0.29, 0.717) is 0 Å². The Morgan fingerprint density at radius 1 is 1.69 bits per heavy atom. The molecule has 0 bridgehead atoms. The lowest BCUT2D eigenvalue weighted by molar-refractivity contribution is 0.192. The largest absolute Gasteiger partial charge is 0.363 e. The molecule has 0 spiro atoms. The van der Waals surface area contributed by atoms with Gasteiger partial charge in [0, 0.05) is 25.0 Å². The van der Waals surface area contributed by atoms with Crippen molar-refractivity contribution in [1.82, 2.24) is 15.2 Å². The third-order valence-electron chi connectivity index (χ3n) is 3.02. The Morgan fingerprint density at radius 3 is 3.25 bits per heavy atom. The number of likely N-dealkylation sites (tertiary alicyclic amines) is 1. The zero-order valence-electron chi connectivity index (χ0n) is 9.70. The summed E-state index contributed by atoms with van der Waals surface area (Å²) in [5, 5.41) is 2.94. The van der Waals surface area contributed by atoms with E-state index in [9.17, 15) is 4.79 Å². The molecule has 1 saturated heterocycles. The van der Waals surface area contributed by atoms with Crippen molar-refractivity contribution in [3.8, 4) is 0 Å². The van der Waals surface area contributed by atoms with Gasteiger partial charge < -0.3 is 15.2 Å². The van der Waals surface area contributed by atoms with Crippen molar-refractivity contribution in [2.24, 2.45) is 0 Å².